The number of H-pyrrole nitrogens is 1. The second kappa shape index (κ2) is 4.85. The Morgan fingerprint density at radius 3 is 2.89 bits per heavy atom. The maximum absolute atomic E-state index is 11.7. The number of aliphatic hydroxyl groups is 2. The van der Waals surface area contributed by atoms with Crippen molar-refractivity contribution in [2.24, 2.45) is 0 Å². The second-order valence-corrected chi connectivity index (χ2v) is 5.97. The Kier molecular flexibility index (Phi) is 3.54. The molecule has 19 heavy (non-hydrogen) atoms. The van der Waals surface area contributed by atoms with Crippen LogP contribution in [0.4, 0.5) is 0 Å². The minimum Gasteiger partial charge on any atom is -0.394 e. The summed E-state index contributed by atoms with van der Waals surface area (Å²) in [4.78, 5) is 25.2. The number of aliphatic hydroxyl groups excluding tert-OH is 2. The molecule has 1 saturated heterocycles. The monoisotopic (exact) mass is 283 g/mol. The fourth-order valence-corrected chi connectivity index (χ4v) is 3.41. The predicted octanol–water partition coefficient (Wildman–Crippen LogP) is -0.904. The van der Waals surface area contributed by atoms with Gasteiger partial charge in [0.1, 0.15) is 0 Å². The van der Waals surface area contributed by atoms with Crippen molar-refractivity contribution in [1.82, 2.24) is 9.55 Å². The van der Waals surface area contributed by atoms with Crippen LogP contribution >= 0.6 is 11.8 Å². The van der Waals surface area contributed by atoms with E-state index in [2.05, 4.69) is 4.98 Å². The summed E-state index contributed by atoms with van der Waals surface area (Å²) in [5, 5.41) is 27.8. The van der Waals surface area contributed by atoms with E-state index < -0.39 is 34.1 Å². The molecule has 0 amide bonds. The van der Waals surface area contributed by atoms with Crippen molar-refractivity contribution in [3.63, 3.8) is 0 Å². The van der Waals surface area contributed by atoms with Gasteiger partial charge in [-0.05, 0) is 6.92 Å². The molecular formula is C11H13N3O4S. The van der Waals surface area contributed by atoms with E-state index in [4.69, 9.17) is 5.26 Å². The van der Waals surface area contributed by atoms with Gasteiger partial charge in [-0.15, -0.1) is 11.8 Å². The van der Waals surface area contributed by atoms with Gasteiger partial charge in [-0.2, -0.15) is 5.26 Å². The number of aromatic nitrogens is 2. The summed E-state index contributed by atoms with van der Waals surface area (Å²) in [5.74, 6) is 0. The number of hydrogen-bond acceptors (Lipinski definition) is 6. The molecule has 0 saturated carbocycles. The SMILES string of the molecule is Cc1cn([C@H]2C[C@H](O)[C@@](C#N)(CO)S2)c(=O)[nH]c1=O. The molecule has 3 N–H and O–H groups in total. The number of nitrogens with one attached hydrogen (secondary N) is 1. The third-order valence-corrected chi connectivity index (χ3v) is 4.79. The first-order valence-corrected chi connectivity index (χ1v) is 6.51. The highest BCUT2D eigenvalue weighted by Gasteiger charge is 2.48. The van der Waals surface area contributed by atoms with E-state index >= 15 is 0 Å². The first kappa shape index (κ1) is 13.9. The molecule has 0 unspecified atom stereocenters. The molecule has 3 atom stereocenters. The van der Waals surface area contributed by atoms with Gasteiger partial charge in [-0.25, -0.2) is 4.79 Å². The zero-order chi connectivity index (χ0) is 14.2. The van der Waals surface area contributed by atoms with Crippen LogP contribution in [-0.4, -0.2) is 37.2 Å². The van der Waals surface area contributed by atoms with Gasteiger partial charge in [0.05, 0.1) is 24.2 Å². The van der Waals surface area contributed by atoms with Crippen molar-refractivity contribution >= 4 is 11.8 Å². The highest BCUT2D eigenvalue weighted by molar-refractivity contribution is 8.01. The largest absolute Gasteiger partial charge is 0.394 e. The van der Waals surface area contributed by atoms with Crippen LogP contribution in [0.1, 0.15) is 17.4 Å². The van der Waals surface area contributed by atoms with Gasteiger partial charge in [0.15, 0.2) is 4.75 Å². The van der Waals surface area contributed by atoms with Crippen molar-refractivity contribution in [2.75, 3.05) is 6.61 Å². The Morgan fingerprint density at radius 1 is 1.68 bits per heavy atom. The van der Waals surface area contributed by atoms with Gasteiger partial charge in [-0.3, -0.25) is 14.3 Å². The standard InChI is InChI=1S/C11H13N3O4S/c1-6-3-14(10(18)13-9(6)17)8-2-7(16)11(4-12,5-15)19-8/h3,7-8,15-16H,2,5H2,1H3,(H,13,17,18)/t7-,8+,11+/m0/s1. The third kappa shape index (κ3) is 2.20. The van der Waals surface area contributed by atoms with Crippen LogP contribution in [0.15, 0.2) is 15.8 Å². The van der Waals surface area contributed by atoms with Crippen LogP contribution in [0.25, 0.3) is 0 Å². The Morgan fingerprint density at radius 2 is 2.37 bits per heavy atom. The Hall–Kier alpha value is -1.56. The molecule has 1 aromatic rings. The molecule has 0 aromatic carbocycles. The van der Waals surface area contributed by atoms with E-state index in [-0.39, 0.29) is 6.42 Å². The van der Waals surface area contributed by atoms with E-state index in [0.29, 0.717) is 5.56 Å². The van der Waals surface area contributed by atoms with E-state index in [9.17, 15) is 19.8 Å². The van der Waals surface area contributed by atoms with Gasteiger partial charge in [0.25, 0.3) is 5.56 Å². The lowest BCUT2D eigenvalue weighted by molar-refractivity contribution is 0.113. The molecule has 7 nitrogen and oxygen atoms in total. The van der Waals surface area contributed by atoms with Crippen LogP contribution in [-0.2, 0) is 0 Å². The lowest BCUT2D eigenvalue weighted by atomic mass is 10.0. The number of nitriles is 1. The van der Waals surface area contributed by atoms with Crippen LogP contribution in [0, 0.1) is 18.3 Å². The first-order chi connectivity index (χ1) is 8.93. The normalized spacial score (nSPS) is 30.2. The minimum atomic E-state index is -1.33. The average molecular weight is 283 g/mol. The highest BCUT2D eigenvalue weighted by atomic mass is 32.2. The van der Waals surface area contributed by atoms with E-state index in [1.807, 2.05) is 6.07 Å². The molecular weight excluding hydrogens is 270 g/mol. The van der Waals surface area contributed by atoms with Gasteiger partial charge < -0.3 is 10.2 Å². The van der Waals surface area contributed by atoms with E-state index in [0.717, 1.165) is 11.8 Å². The summed E-state index contributed by atoms with van der Waals surface area (Å²) in [6, 6.07) is 1.90. The van der Waals surface area contributed by atoms with Crippen molar-refractivity contribution in [3.05, 3.63) is 32.6 Å². The number of rotatable bonds is 2. The molecule has 2 heterocycles. The molecule has 1 fully saturated rings. The summed E-state index contributed by atoms with van der Waals surface area (Å²) in [6.07, 6.45) is 0.525. The first-order valence-electron chi connectivity index (χ1n) is 5.63. The van der Waals surface area contributed by atoms with Gasteiger partial charge in [0, 0.05) is 18.2 Å². The van der Waals surface area contributed by atoms with Crippen molar-refractivity contribution in [1.29, 1.82) is 5.26 Å². The molecule has 1 aliphatic heterocycles. The van der Waals surface area contributed by atoms with Gasteiger partial charge >= 0.3 is 5.69 Å². The Labute approximate surface area is 112 Å². The third-order valence-electron chi connectivity index (χ3n) is 3.19. The maximum atomic E-state index is 11.7. The van der Waals surface area contributed by atoms with Crippen molar-refractivity contribution < 1.29 is 10.2 Å². The molecule has 1 aromatic heterocycles. The van der Waals surface area contributed by atoms with E-state index in [1.54, 1.807) is 6.92 Å². The smallest absolute Gasteiger partial charge is 0.329 e. The molecule has 2 rings (SSSR count). The zero-order valence-corrected chi connectivity index (χ0v) is 11.0. The maximum Gasteiger partial charge on any atom is 0.329 e. The molecule has 0 bridgehead atoms. The van der Waals surface area contributed by atoms with E-state index in [1.165, 1.54) is 10.8 Å². The number of thioether (sulfide) groups is 1. The Bertz CT molecular complexity index is 647. The average Bonchev–Trinajstić information content (AvgIpc) is 2.71. The van der Waals surface area contributed by atoms with Crippen LogP contribution in [0.3, 0.4) is 0 Å². The molecule has 0 aliphatic carbocycles. The molecule has 1 aliphatic rings. The van der Waals surface area contributed by atoms with Crippen molar-refractivity contribution in [2.45, 2.75) is 29.6 Å². The van der Waals surface area contributed by atoms with Gasteiger partial charge in [-0.1, -0.05) is 0 Å². The summed E-state index contributed by atoms with van der Waals surface area (Å²) in [7, 11) is 0. The number of aryl methyl sites for hydroxylation is 1. The fourth-order valence-electron chi connectivity index (χ4n) is 2.00. The van der Waals surface area contributed by atoms with Crippen molar-refractivity contribution in [3.8, 4) is 6.07 Å². The zero-order valence-electron chi connectivity index (χ0n) is 10.2. The number of nitrogens with zero attached hydrogens (tertiary/aromatic N) is 2. The topological polar surface area (TPSA) is 119 Å². The molecule has 0 spiro atoms. The predicted molar refractivity (Wildman–Crippen MR) is 68.7 cm³/mol. The lowest BCUT2D eigenvalue weighted by Gasteiger charge is -2.20. The summed E-state index contributed by atoms with van der Waals surface area (Å²) in [6.45, 7) is 1.07. The second-order valence-electron chi connectivity index (χ2n) is 4.46. The van der Waals surface area contributed by atoms with Crippen LogP contribution in [0.2, 0.25) is 0 Å². The minimum absolute atomic E-state index is 0.157. The lowest BCUT2D eigenvalue weighted by Crippen LogP contribution is -2.36. The number of aromatic amines is 1. The van der Waals surface area contributed by atoms with Gasteiger partial charge in [0.2, 0.25) is 0 Å². The van der Waals surface area contributed by atoms with Crippen LogP contribution < -0.4 is 11.2 Å². The summed E-state index contributed by atoms with van der Waals surface area (Å²) < 4.78 is -0.0481. The molecule has 102 valence electrons. The quantitative estimate of drug-likeness (QED) is 0.647. The Balaban J connectivity index is 2.42. The number of hydrogen-bond donors (Lipinski definition) is 3. The molecule has 8 heteroatoms. The summed E-state index contributed by atoms with van der Waals surface area (Å²) >= 11 is 1.03. The van der Waals surface area contributed by atoms with Crippen LogP contribution in [0.5, 0.6) is 0 Å². The highest BCUT2D eigenvalue weighted by Crippen LogP contribution is 2.48. The fraction of sp³-hybridized carbons (Fsp3) is 0.545. The molecule has 0 radical (unpaired) electrons. The summed E-state index contributed by atoms with van der Waals surface area (Å²) in [5.41, 5.74) is -0.682.